The normalized spacial score (nSPS) is 19.0. The summed E-state index contributed by atoms with van der Waals surface area (Å²) in [4.78, 5) is 16.7. The van der Waals surface area contributed by atoms with Gasteiger partial charge in [0.15, 0.2) is 5.76 Å². The highest BCUT2D eigenvalue weighted by Crippen LogP contribution is 2.48. The van der Waals surface area contributed by atoms with Gasteiger partial charge in [-0.15, -0.1) is 0 Å². The van der Waals surface area contributed by atoms with Crippen LogP contribution >= 0.6 is 0 Å². The minimum Gasteiger partial charge on any atom is -0.354 e. The van der Waals surface area contributed by atoms with Crippen LogP contribution < -0.4 is 5.32 Å². The maximum atomic E-state index is 12.6. The smallest absolute Gasteiger partial charge is 0.228 e. The molecule has 2 heterocycles. The SMILES string of the molecule is Cc1noc(-c2ccccc2)c1NC(=O)[C@@H]1C[C@H]1c1cccnc1. The van der Waals surface area contributed by atoms with Crippen LogP contribution in [-0.2, 0) is 4.79 Å². The van der Waals surface area contributed by atoms with E-state index in [0.717, 1.165) is 17.5 Å². The van der Waals surface area contributed by atoms with Gasteiger partial charge in [-0.25, -0.2) is 0 Å². The van der Waals surface area contributed by atoms with E-state index in [1.54, 1.807) is 6.20 Å². The summed E-state index contributed by atoms with van der Waals surface area (Å²) in [6.07, 6.45) is 4.42. The molecule has 1 aliphatic rings. The molecule has 4 rings (SSSR count). The number of aromatic nitrogens is 2. The molecule has 0 spiro atoms. The first-order chi connectivity index (χ1) is 11.7. The highest BCUT2D eigenvalue weighted by molar-refractivity contribution is 5.98. The van der Waals surface area contributed by atoms with Gasteiger partial charge in [-0.1, -0.05) is 41.6 Å². The molecule has 5 heteroatoms. The van der Waals surface area contributed by atoms with Crippen molar-refractivity contribution in [2.75, 3.05) is 5.32 Å². The Balaban J connectivity index is 1.53. The fourth-order valence-electron chi connectivity index (χ4n) is 2.97. The minimum absolute atomic E-state index is 0.00679. The Morgan fingerprint density at radius 1 is 1.21 bits per heavy atom. The van der Waals surface area contributed by atoms with Gasteiger partial charge in [0, 0.05) is 23.9 Å². The molecule has 1 fully saturated rings. The topological polar surface area (TPSA) is 68.0 Å². The van der Waals surface area contributed by atoms with Crippen molar-refractivity contribution < 1.29 is 9.32 Å². The maximum absolute atomic E-state index is 12.6. The van der Waals surface area contributed by atoms with E-state index in [9.17, 15) is 4.79 Å². The molecule has 0 bridgehead atoms. The lowest BCUT2D eigenvalue weighted by Crippen LogP contribution is -2.15. The quantitative estimate of drug-likeness (QED) is 0.794. The number of nitrogens with one attached hydrogen (secondary N) is 1. The minimum atomic E-state index is -0.0212. The molecular weight excluding hydrogens is 302 g/mol. The third kappa shape index (κ3) is 2.69. The molecule has 2 atom stereocenters. The van der Waals surface area contributed by atoms with Gasteiger partial charge < -0.3 is 9.84 Å². The highest BCUT2D eigenvalue weighted by atomic mass is 16.5. The Bertz CT molecular complexity index is 859. The first kappa shape index (κ1) is 14.6. The van der Waals surface area contributed by atoms with Crippen LogP contribution in [0.3, 0.4) is 0 Å². The van der Waals surface area contributed by atoms with Gasteiger partial charge in [0.25, 0.3) is 0 Å². The first-order valence-corrected chi connectivity index (χ1v) is 7.96. The third-order valence-electron chi connectivity index (χ3n) is 4.39. The van der Waals surface area contributed by atoms with Gasteiger partial charge in [-0.05, 0) is 30.9 Å². The van der Waals surface area contributed by atoms with E-state index < -0.39 is 0 Å². The number of aryl methyl sites for hydroxylation is 1. The number of carbonyl (C=O) groups excluding carboxylic acids is 1. The molecule has 1 N–H and O–H groups in total. The molecule has 3 aromatic rings. The lowest BCUT2D eigenvalue weighted by Gasteiger charge is -2.06. The van der Waals surface area contributed by atoms with Crippen LogP contribution in [0.15, 0.2) is 59.4 Å². The van der Waals surface area contributed by atoms with Crippen LogP contribution in [0.5, 0.6) is 0 Å². The van der Waals surface area contributed by atoms with E-state index in [4.69, 9.17) is 4.52 Å². The van der Waals surface area contributed by atoms with E-state index in [2.05, 4.69) is 15.5 Å². The van der Waals surface area contributed by atoms with Crippen molar-refractivity contribution >= 4 is 11.6 Å². The Kier molecular flexibility index (Phi) is 3.61. The predicted octanol–water partition coefficient (Wildman–Crippen LogP) is 3.79. The number of benzene rings is 1. The maximum Gasteiger partial charge on any atom is 0.228 e. The standard InChI is InChI=1S/C19H17N3O2/c1-12-17(18(24-22-12)13-6-3-2-4-7-13)21-19(23)16-10-15(16)14-8-5-9-20-11-14/h2-9,11,15-16H,10H2,1H3,(H,21,23)/t15-,16+/m0/s1. The van der Waals surface area contributed by atoms with E-state index in [1.165, 1.54) is 0 Å². The molecule has 24 heavy (non-hydrogen) atoms. The average molecular weight is 319 g/mol. The molecule has 1 saturated carbocycles. The number of rotatable bonds is 4. The van der Waals surface area contributed by atoms with E-state index in [1.807, 2.05) is 55.6 Å². The summed E-state index contributed by atoms with van der Waals surface area (Å²) in [5.41, 5.74) is 3.35. The van der Waals surface area contributed by atoms with Crippen molar-refractivity contribution in [2.24, 2.45) is 5.92 Å². The first-order valence-electron chi connectivity index (χ1n) is 7.96. The summed E-state index contributed by atoms with van der Waals surface area (Å²) in [6, 6.07) is 13.6. The van der Waals surface area contributed by atoms with Crippen LogP contribution in [0.25, 0.3) is 11.3 Å². The molecule has 0 saturated heterocycles. The van der Waals surface area contributed by atoms with Crippen LogP contribution in [0.1, 0.15) is 23.6 Å². The highest BCUT2D eigenvalue weighted by Gasteiger charge is 2.44. The number of amides is 1. The number of anilines is 1. The summed E-state index contributed by atoms with van der Waals surface area (Å²) in [5.74, 6) is 0.832. The van der Waals surface area contributed by atoms with Crippen LogP contribution in [0, 0.1) is 12.8 Å². The van der Waals surface area contributed by atoms with Crippen molar-refractivity contribution in [3.63, 3.8) is 0 Å². The average Bonchev–Trinajstić information content (AvgIpc) is 3.36. The Morgan fingerprint density at radius 2 is 2.04 bits per heavy atom. The summed E-state index contributed by atoms with van der Waals surface area (Å²) in [6.45, 7) is 1.83. The van der Waals surface area contributed by atoms with Crippen molar-refractivity contribution in [1.82, 2.24) is 10.1 Å². The van der Waals surface area contributed by atoms with E-state index in [-0.39, 0.29) is 17.7 Å². The fourth-order valence-corrected chi connectivity index (χ4v) is 2.97. The molecule has 1 aliphatic carbocycles. The summed E-state index contributed by atoms with van der Waals surface area (Å²) >= 11 is 0. The number of hydrogen-bond donors (Lipinski definition) is 1. The van der Waals surface area contributed by atoms with Crippen LogP contribution in [0.2, 0.25) is 0 Å². The van der Waals surface area contributed by atoms with Crippen molar-refractivity contribution in [2.45, 2.75) is 19.3 Å². The Hall–Kier alpha value is -2.95. The zero-order valence-corrected chi connectivity index (χ0v) is 13.3. The lowest BCUT2D eigenvalue weighted by atomic mass is 10.1. The van der Waals surface area contributed by atoms with E-state index in [0.29, 0.717) is 17.1 Å². The van der Waals surface area contributed by atoms with Crippen molar-refractivity contribution in [3.05, 3.63) is 66.1 Å². The van der Waals surface area contributed by atoms with Crippen LogP contribution in [-0.4, -0.2) is 16.0 Å². The van der Waals surface area contributed by atoms with Crippen molar-refractivity contribution in [1.29, 1.82) is 0 Å². The van der Waals surface area contributed by atoms with Gasteiger partial charge in [0.1, 0.15) is 11.4 Å². The molecule has 0 unspecified atom stereocenters. The number of hydrogen-bond acceptors (Lipinski definition) is 4. The second-order valence-electron chi connectivity index (χ2n) is 6.06. The zero-order chi connectivity index (χ0) is 16.5. The summed E-state index contributed by atoms with van der Waals surface area (Å²) < 4.78 is 5.42. The van der Waals surface area contributed by atoms with Crippen molar-refractivity contribution in [3.8, 4) is 11.3 Å². The second kappa shape index (κ2) is 5.92. The van der Waals surface area contributed by atoms with Gasteiger partial charge in [-0.3, -0.25) is 9.78 Å². The number of carbonyl (C=O) groups is 1. The summed E-state index contributed by atoms with van der Waals surface area (Å²) in [5, 5.41) is 7.01. The second-order valence-corrected chi connectivity index (χ2v) is 6.06. The van der Waals surface area contributed by atoms with Crippen LogP contribution in [0.4, 0.5) is 5.69 Å². The summed E-state index contributed by atoms with van der Waals surface area (Å²) in [7, 11) is 0. The van der Waals surface area contributed by atoms with E-state index >= 15 is 0 Å². The molecule has 120 valence electrons. The lowest BCUT2D eigenvalue weighted by molar-refractivity contribution is -0.117. The molecule has 5 nitrogen and oxygen atoms in total. The number of nitrogens with zero attached hydrogens (tertiary/aromatic N) is 2. The van der Waals surface area contributed by atoms with Gasteiger partial charge in [0.05, 0.1) is 0 Å². The third-order valence-corrected chi connectivity index (χ3v) is 4.39. The van der Waals surface area contributed by atoms with Gasteiger partial charge in [-0.2, -0.15) is 0 Å². The Labute approximate surface area is 139 Å². The molecule has 1 aromatic carbocycles. The monoisotopic (exact) mass is 319 g/mol. The molecule has 0 aliphatic heterocycles. The van der Waals surface area contributed by atoms with Gasteiger partial charge in [0.2, 0.25) is 5.91 Å². The molecule has 0 radical (unpaired) electrons. The fraction of sp³-hybridized carbons (Fsp3) is 0.211. The predicted molar refractivity (Wildman–Crippen MR) is 90.4 cm³/mol. The largest absolute Gasteiger partial charge is 0.354 e. The molecule has 2 aromatic heterocycles. The zero-order valence-electron chi connectivity index (χ0n) is 13.3. The number of pyridine rings is 1. The molecule has 1 amide bonds. The molecular formula is C19H17N3O2. The van der Waals surface area contributed by atoms with Gasteiger partial charge >= 0.3 is 0 Å². The Morgan fingerprint density at radius 3 is 2.79 bits per heavy atom.